The van der Waals surface area contributed by atoms with E-state index >= 15 is 0 Å². The lowest BCUT2D eigenvalue weighted by Gasteiger charge is -2.29. The maximum absolute atomic E-state index is 6.84. The van der Waals surface area contributed by atoms with Crippen molar-refractivity contribution >= 4 is 141 Å². The number of benzene rings is 12. The molecule has 0 aliphatic carbocycles. The lowest BCUT2D eigenvalue weighted by molar-refractivity contribution is 0.669. The van der Waals surface area contributed by atoms with E-state index in [0.717, 1.165) is 62.5 Å². The number of nitrogens with zero attached hydrogens (tertiary/aromatic N) is 2. The molecule has 0 saturated carbocycles. The SMILES string of the molecule is c1ccc(Cc2cc3cc(-c4ccc5sc6ccc(N(c7cccc(N(c8ccccc8)c8ccc9c(c8)sc8ccccc89)c7)c7cccc8c7oc7ccccc78)cc6c5c4)ccc3c3ccccc23)cc1. The molecule has 0 unspecified atom stereocenters. The van der Waals surface area contributed by atoms with Crippen LogP contribution in [0.15, 0.2) is 259 Å². The molecule has 15 aromatic rings. The van der Waals surface area contributed by atoms with Crippen LogP contribution in [0.25, 0.3) is 95.0 Å². The Hall–Kier alpha value is -9.00. The van der Waals surface area contributed by atoms with E-state index < -0.39 is 0 Å². The van der Waals surface area contributed by atoms with Gasteiger partial charge in [0, 0.05) is 79.6 Å². The summed E-state index contributed by atoms with van der Waals surface area (Å²) in [5.41, 5.74) is 13.1. The standard InChI is InChI=1S/C69H44N2OS2/c1-3-15-44(16-4-1)37-47-39-48-38-45(29-33-55(48)56-22-8-7-21-54(47)56)46-30-35-66-61(40-46)62-42-52(32-36-67(62)73-66)71(63-26-14-25-60-57-23-9-11-27-64(57)72-69(60)63)51-20-13-19-50(41-51)70(49-17-5-2-6-18-49)53-31-34-59-58-24-10-12-28-65(58)74-68(59)43-53/h1-36,38-43H,37H2. The van der Waals surface area contributed by atoms with Crippen molar-refractivity contribution < 1.29 is 4.42 Å². The molecule has 0 bridgehead atoms. The van der Waals surface area contributed by atoms with Crippen molar-refractivity contribution in [2.45, 2.75) is 6.42 Å². The summed E-state index contributed by atoms with van der Waals surface area (Å²) >= 11 is 3.70. The summed E-state index contributed by atoms with van der Waals surface area (Å²) in [6.45, 7) is 0. The summed E-state index contributed by atoms with van der Waals surface area (Å²) < 4.78 is 11.9. The second-order valence-electron chi connectivity index (χ2n) is 19.2. The van der Waals surface area contributed by atoms with Gasteiger partial charge in [-0.1, -0.05) is 158 Å². The van der Waals surface area contributed by atoms with Crippen LogP contribution in [-0.4, -0.2) is 0 Å². The van der Waals surface area contributed by atoms with Gasteiger partial charge < -0.3 is 14.2 Å². The summed E-state index contributed by atoms with van der Waals surface area (Å²) in [6.07, 6.45) is 0.887. The van der Waals surface area contributed by atoms with E-state index in [9.17, 15) is 0 Å². The van der Waals surface area contributed by atoms with E-state index in [4.69, 9.17) is 4.42 Å². The van der Waals surface area contributed by atoms with Crippen LogP contribution >= 0.6 is 22.7 Å². The topological polar surface area (TPSA) is 19.6 Å². The molecule has 0 aliphatic rings. The molecule has 0 aliphatic heterocycles. The highest BCUT2D eigenvalue weighted by Crippen LogP contribution is 2.48. The third kappa shape index (κ3) is 7.15. The molecule has 0 saturated heterocycles. The molecule has 74 heavy (non-hydrogen) atoms. The summed E-state index contributed by atoms with van der Waals surface area (Å²) in [5.74, 6) is 0. The molecule has 0 atom stereocenters. The average Bonchev–Trinajstić information content (AvgIpc) is 4.15. The van der Waals surface area contributed by atoms with Crippen molar-refractivity contribution in [2.75, 3.05) is 9.80 Å². The van der Waals surface area contributed by atoms with Gasteiger partial charge in [0.05, 0.1) is 5.69 Å². The van der Waals surface area contributed by atoms with Crippen LogP contribution in [0.2, 0.25) is 0 Å². The zero-order chi connectivity index (χ0) is 48.7. The predicted molar refractivity (Wildman–Crippen MR) is 319 cm³/mol. The minimum absolute atomic E-state index is 0.850. The molecule has 12 aromatic carbocycles. The number of hydrogen-bond donors (Lipinski definition) is 0. The van der Waals surface area contributed by atoms with Gasteiger partial charge >= 0.3 is 0 Å². The van der Waals surface area contributed by atoms with Crippen LogP contribution in [-0.2, 0) is 6.42 Å². The van der Waals surface area contributed by atoms with Crippen molar-refractivity contribution in [3.05, 3.63) is 266 Å². The van der Waals surface area contributed by atoms with Gasteiger partial charge in [-0.3, -0.25) is 0 Å². The number of anilines is 6. The first-order chi connectivity index (χ1) is 36.6. The summed E-state index contributed by atoms with van der Waals surface area (Å²) in [4.78, 5) is 4.77. The maximum Gasteiger partial charge on any atom is 0.159 e. The molecule has 5 heteroatoms. The molecular formula is C69H44N2OS2. The summed E-state index contributed by atoms with van der Waals surface area (Å²) in [5, 5.41) is 12.4. The summed E-state index contributed by atoms with van der Waals surface area (Å²) in [6, 6.07) is 93.3. The molecule has 0 fully saturated rings. The minimum Gasteiger partial charge on any atom is -0.454 e. The zero-order valence-corrected chi connectivity index (χ0v) is 41.7. The summed E-state index contributed by atoms with van der Waals surface area (Å²) in [7, 11) is 0. The van der Waals surface area contributed by atoms with Crippen LogP contribution in [0.1, 0.15) is 11.1 Å². The van der Waals surface area contributed by atoms with Gasteiger partial charge in [-0.2, -0.15) is 0 Å². The number of furan rings is 1. The van der Waals surface area contributed by atoms with Crippen molar-refractivity contribution in [2.24, 2.45) is 0 Å². The van der Waals surface area contributed by atoms with E-state index in [2.05, 4.69) is 259 Å². The van der Waals surface area contributed by atoms with Crippen LogP contribution in [0, 0.1) is 0 Å². The molecule has 0 spiro atoms. The number of hydrogen-bond acceptors (Lipinski definition) is 5. The minimum atomic E-state index is 0.850. The van der Waals surface area contributed by atoms with Gasteiger partial charge in [-0.15, -0.1) is 22.7 Å². The van der Waals surface area contributed by atoms with Crippen molar-refractivity contribution in [1.82, 2.24) is 0 Å². The largest absolute Gasteiger partial charge is 0.454 e. The molecule has 0 amide bonds. The van der Waals surface area contributed by atoms with Gasteiger partial charge in [0.15, 0.2) is 5.58 Å². The van der Waals surface area contributed by atoms with E-state index in [1.54, 1.807) is 0 Å². The Morgan fingerprint density at radius 2 is 0.878 bits per heavy atom. The molecule has 3 nitrogen and oxygen atoms in total. The quantitative estimate of drug-likeness (QED) is 0.134. The van der Waals surface area contributed by atoms with E-state index in [1.807, 2.05) is 28.7 Å². The third-order valence-electron chi connectivity index (χ3n) is 14.8. The normalized spacial score (nSPS) is 11.8. The van der Waals surface area contributed by atoms with Crippen molar-refractivity contribution in [1.29, 1.82) is 0 Å². The van der Waals surface area contributed by atoms with Gasteiger partial charge in [0.1, 0.15) is 5.58 Å². The number of thiophene rings is 2. The first-order valence-corrected chi connectivity index (χ1v) is 26.8. The Balaban J connectivity index is 0.886. The van der Waals surface area contributed by atoms with Crippen LogP contribution in [0.3, 0.4) is 0 Å². The van der Waals surface area contributed by atoms with Crippen LogP contribution in [0.5, 0.6) is 0 Å². The Bertz CT molecular complexity index is 4660. The van der Waals surface area contributed by atoms with E-state index in [0.29, 0.717) is 0 Å². The first kappa shape index (κ1) is 42.7. The van der Waals surface area contributed by atoms with Crippen molar-refractivity contribution in [3.8, 4) is 11.1 Å². The highest BCUT2D eigenvalue weighted by Gasteiger charge is 2.23. The Kier molecular flexibility index (Phi) is 10.0. The number of rotatable bonds is 9. The second kappa shape index (κ2) is 17.3. The van der Waals surface area contributed by atoms with Crippen LogP contribution < -0.4 is 9.80 Å². The van der Waals surface area contributed by atoms with Crippen molar-refractivity contribution in [3.63, 3.8) is 0 Å². The highest BCUT2D eigenvalue weighted by molar-refractivity contribution is 7.26. The third-order valence-corrected chi connectivity index (χ3v) is 17.1. The van der Waals surface area contributed by atoms with E-state index in [1.165, 1.54) is 84.1 Å². The van der Waals surface area contributed by atoms with Gasteiger partial charge in [-0.25, -0.2) is 0 Å². The molecule has 348 valence electrons. The Labute approximate surface area is 435 Å². The maximum atomic E-state index is 6.84. The molecule has 0 N–H and O–H groups in total. The Morgan fingerprint density at radius 1 is 0.311 bits per heavy atom. The molecule has 3 aromatic heterocycles. The molecular weight excluding hydrogens is 937 g/mol. The van der Waals surface area contributed by atoms with Gasteiger partial charge in [0.25, 0.3) is 0 Å². The van der Waals surface area contributed by atoms with Gasteiger partial charge in [-0.05, 0) is 147 Å². The fourth-order valence-electron chi connectivity index (χ4n) is 11.4. The predicted octanol–water partition coefficient (Wildman–Crippen LogP) is 20.8. The number of fused-ring (bicyclic) bond motifs is 12. The first-order valence-electron chi connectivity index (χ1n) is 25.2. The van der Waals surface area contributed by atoms with E-state index in [-0.39, 0.29) is 0 Å². The monoisotopic (exact) mass is 980 g/mol. The molecule has 15 rings (SSSR count). The van der Waals surface area contributed by atoms with Gasteiger partial charge in [0.2, 0.25) is 0 Å². The zero-order valence-electron chi connectivity index (χ0n) is 40.1. The Morgan fingerprint density at radius 3 is 1.74 bits per heavy atom. The highest BCUT2D eigenvalue weighted by atomic mass is 32.1. The lowest BCUT2D eigenvalue weighted by atomic mass is 9.92. The fraction of sp³-hybridized carbons (Fsp3) is 0.0145. The second-order valence-corrected chi connectivity index (χ2v) is 21.4. The fourth-order valence-corrected chi connectivity index (χ4v) is 13.6. The lowest BCUT2D eigenvalue weighted by Crippen LogP contribution is -2.13. The number of para-hydroxylation sites is 3. The molecule has 3 heterocycles. The van der Waals surface area contributed by atoms with Crippen LogP contribution in [0.4, 0.5) is 34.1 Å². The average molecular weight is 981 g/mol. The smallest absolute Gasteiger partial charge is 0.159 e. The molecule has 0 radical (unpaired) electrons.